The Bertz CT molecular complexity index is 1230. The van der Waals surface area contributed by atoms with Gasteiger partial charge in [0.1, 0.15) is 0 Å². The van der Waals surface area contributed by atoms with Crippen molar-refractivity contribution in [3.05, 3.63) is 88.8 Å². The molecule has 0 aliphatic carbocycles. The summed E-state index contributed by atoms with van der Waals surface area (Å²) in [4.78, 5) is 27.1. The van der Waals surface area contributed by atoms with Crippen LogP contribution >= 0.6 is 11.8 Å². The second-order valence-electron chi connectivity index (χ2n) is 7.12. The molecule has 3 aromatic carbocycles. The van der Waals surface area contributed by atoms with Crippen LogP contribution in [0.5, 0.6) is 0 Å². The van der Waals surface area contributed by atoms with Gasteiger partial charge in [-0.2, -0.15) is 0 Å². The molecule has 0 fully saturated rings. The van der Waals surface area contributed by atoms with Crippen LogP contribution in [0.3, 0.4) is 0 Å². The van der Waals surface area contributed by atoms with Gasteiger partial charge in [-0.05, 0) is 30.4 Å². The minimum Gasteiger partial charge on any atom is -0.311 e. The number of H-pyrrole nitrogens is 1. The first kappa shape index (κ1) is 20.9. The number of benzene rings is 3. The number of fused-ring (bicyclic) bond motifs is 1. The van der Waals surface area contributed by atoms with Crippen molar-refractivity contribution in [1.82, 2.24) is 14.8 Å². The predicted molar refractivity (Wildman–Crippen MR) is 126 cm³/mol. The molecule has 4 aromatic rings. The van der Waals surface area contributed by atoms with Gasteiger partial charge in [-0.1, -0.05) is 78.5 Å². The number of aromatic amines is 1. The Labute approximate surface area is 184 Å². The van der Waals surface area contributed by atoms with E-state index in [0.717, 1.165) is 28.4 Å². The molecule has 1 amide bonds. The Morgan fingerprint density at radius 3 is 2.58 bits per heavy atom. The smallest absolute Gasteiger partial charge is 0.311 e. The van der Waals surface area contributed by atoms with Crippen molar-refractivity contribution < 1.29 is 4.79 Å². The number of rotatable bonds is 8. The van der Waals surface area contributed by atoms with Gasteiger partial charge >= 0.3 is 5.69 Å². The summed E-state index contributed by atoms with van der Waals surface area (Å²) in [7, 11) is 0. The van der Waals surface area contributed by atoms with Crippen LogP contribution in [0.2, 0.25) is 0 Å². The van der Waals surface area contributed by atoms with Crippen molar-refractivity contribution >= 4 is 34.1 Å². The zero-order valence-electron chi connectivity index (χ0n) is 17.3. The highest BCUT2D eigenvalue weighted by Gasteiger charge is 2.18. The Balaban J connectivity index is 1.47. The molecule has 0 aliphatic rings. The summed E-state index contributed by atoms with van der Waals surface area (Å²) in [5, 5.41) is 9.31. The number of aryl methyl sites for hydroxylation is 1. The van der Waals surface area contributed by atoms with Gasteiger partial charge in [0.25, 0.3) is 0 Å². The molecule has 0 saturated heterocycles. The highest BCUT2D eigenvalue weighted by molar-refractivity contribution is 7.99. The van der Waals surface area contributed by atoms with E-state index in [1.54, 1.807) is 9.47 Å². The topological polar surface area (TPSA) is 71.0 Å². The molecule has 6 nitrogen and oxygen atoms in total. The fraction of sp³-hybridized carbons (Fsp3) is 0.208. The van der Waals surface area contributed by atoms with Gasteiger partial charge < -0.3 is 4.90 Å². The fourth-order valence-electron chi connectivity index (χ4n) is 3.63. The standard InChI is InChI=1S/C24H24N4O2S/c1-2-27(21-14-8-12-19-11-6-7-13-20(19)21)22(29)17-31-24-26-25-23(30)28(24)16-15-18-9-4-3-5-10-18/h3-14H,2,15-17H2,1H3,(H,25,30). The molecular weight excluding hydrogens is 408 g/mol. The number of hydrogen-bond donors (Lipinski definition) is 1. The maximum Gasteiger partial charge on any atom is 0.343 e. The van der Waals surface area contributed by atoms with E-state index >= 15 is 0 Å². The van der Waals surface area contributed by atoms with E-state index in [1.807, 2.05) is 79.7 Å². The lowest BCUT2D eigenvalue weighted by molar-refractivity contribution is -0.116. The van der Waals surface area contributed by atoms with Crippen LogP contribution in [0, 0.1) is 0 Å². The second-order valence-corrected chi connectivity index (χ2v) is 8.07. The van der Waals surface area contributed by atoms with Crippen LogP contribution in [-0.4, -0.2) is 33.0 Å². The lowest BCUT2D eigenvalue weighted by Gasteiger charge is -2.22. The highest BCUT2D eigenvalue weighted by Crippen LogP contribution is 2.27. The van der Waals surface area contributed by atoms with E-state index in [0.29, 0.717) is 18.2 Å². The van der Waals surface area contributed by atoms with Gasteiger partial charge in [0.05, 0.1) is 11.4 Å². The van der Waals surface area contributed by atoms with E-state index in [-0.39, 0.29) is 17.3 Å². The van der Waals surface area contributed by atoms with Crippen LogP contribution in [0.25, 0.3) is 10.8 Å². The number of thioether (sulfide) groups is 1. The maximum absolute atomic E-state index is 13.1. The molecule has 31 heavy (non-hydrogen) atoms. The van der Waals surface area contributed by atoms with Crippen molar-refractivity contribution in [2.45, 2.75) is 25.0 Å². The first-order valence-electron chi connectivity index (χ1n) is 10.3. The lowest BCUT2D eigenvalue weighted by atomic mass is 10.1. The van der Waals surface area contributed by atoms with E-state index in [9.17, 15) is 9.59 Å². The summed E-state index contributed by atoms with van der Waals surface area (Å²) in [5.74, 6) is 0.182. The number of nitrogens with zero attached hydrogens (tertiary/aromatic N) is 3. The third-order valence-corrected chi connectivity index (χ3v) is 6.15. The minimum atomic E-state index is -0.257. The van der Waals surface area contributed by atoms with Gasteiger partial charge in [-0.25, -0.2) is 9.89 Å². The molecule has 1 aromatic heterocycles. The summed E-state index contributed by atoms with van der Waals surface area (Å²) >= 11 is 1.28. The van der Waals surface area contributed by atoms with Gasteiger partial charge in [0, 0.05) is 18.5 Å². The molecule has 1 heterocycles. The number of anilines is 1. The SMILES string of the molecule is CCN(C(=O)CSc1n[nH]c(=O)n1CCc1ccccc1)c1cccc2ccccc12. The molecule has 7 heteroatoms. The van der Waals surface area contributed by atoms with Gasteiger partial charge in [-0.15, -0.1) is 5.10 Å². The largest absolute Gasteiger partial charge is 0.343 e. The van der Waals surface area contributed by atoms with Crippen molar-refractivity contribution in [2.75, 3.05) is 17.2 Å². The first-order chi connectivity index (χ1) is 15.2. The molecule has 1 N–H and O–H groups in total. The van der Waals surface area contributed by atoms with Crippen LogP contribution in [-0.2, 0) is 17.8 Å². The molecule has 0 saturated carbocycles. The van der Waals surface area contributed by atoms with E-state index in [1.165, 1.54) is 11.8 Å². The van der Waals surface area contributed by atoms with Crippen molar-refractivity contribution in [1.29, 1.82) is 0 Å². The number of amides is 1. The molecule has 0 spiro atoms. The third-order valence-electron chi connectivity index (χ3n) is 5.19. The van der Waals surface area contributed by atoms with Gasteiger partial charge in [0.2, 0.25) is 5.91 Å². The van der Waals surface area contributed by atoms with Crippen LogP contribution < -0.4 is 10.6 Å². The highest BCUT2D eigenvalue weighted by atomic mass is 32.2. The molecule has 158 valence electrons. The normalized spacial score (nSPS) is 11.0. The Kier molecular flexibility index (Phi) is 6.52. The number of carbonyl (C=O) groups excluding carboxylic acids is 1. The fourth-order valence-corrected chi connectivity index (χ4v) is 4.47. The number of carbonyl (C=O) groups is 1. The van der Waals surface area contributed by atoms with Crippen molar-refractivity contribution in [3.8, 4) is 0 Å². The summed E-state index contributed by atoms with van der Waals surface area (Å²) in [6, 6.07) is 24.0. The summed E-state index contributed by atoms with van der Waals surface area (Å²) in [6.07, 6.45) is 0.721. The summed E-state index contributed by atoms with van der Waals surface area (Å²) in [6.45, 7) is 3.04. The molecule has 0 radical (unpaired) electrons. The van der Waals surface area contributed by atoms with E-state index in [4.69, 9.17) is 0 Å². The Morgan fingerprint density at radius 1 is 1.03 bits per heavy atom. The molecule has 0 bridgehead atoms. The average Bonchev–Trinajstić information content (AvgIpc) is 3.17. The van der Waals surface area contributed by atoms with Crippen LogP contribution in [0.1, 0.15) is 12.5 Å². The average molecular weight is 433 g/mol. The summed E-state index contributed by atoms with van der Waals surface area (Å²) in [5.41, 5.74) is 1.79. The zero-order valence-corrected chi connectivity index (χ0v) is 18.1. The Morgan fingerprint density at radius 2 is 1.77 bits per heavy atom. The minimum absolute atomic E-state index is 0.0195. The quantitative estimate of drug-likeness (QED) is 0.425. The zero-order chi connectivity index (χ0) is 21.6. The number of aromatic nitrogens is 3. The van der Waals surface area contributed by atoms with Crippen LogP contribution in [0.4, 0.5) is 5.69 Å². The summed E-state index contributed by atoms with van der Waals surface area (Å²) < 4.78 is 1.60. The van der Waals surface area contributed by atoms with Crippen molar-refractivity contribution in [3.63, 3.8) is 0 Å². The van der Waals surface area contributed by atoms with Gasteiger partial charge in [0.15, 0.2) is 5.16 Å². The molecule has 4 rings (SSSR count). The number of hydrogen-bond acceptors (Lipinski definition) is 4. The van der Waals surface area contributed by atoms with Crippen LogP contribution in [0.15, 0.2) is 82.7 Å². The molecular formula is C24H24N4O2S. The van der Waals surface area contributed by atoms with E-state index in [2.05, 4.69) is 10.2 Å². The lowest BCUT2D eigenvalue weighted by Crippen LogP contribution is -2.32. The van der Waals surface area contributed by atoms with Gasteiger partial charge in [-0.3, -0.25) is 9.36 Å². The second kappa shape index (κ2) is 9.66. The molecule has 0 aliphatic heterocycles. The van der Waals surface area contributed by atoms with Crippen molar-refractivity contribution in [2.24, 2.45) is 0 Å². The monoisotopic (exact) mass is 432 g/mol. The maximum atomic E-state index is 13.1. The number of nitrogens with one attached hydrogen (secondary N) is 1. The van der Waals surface area contributed by atoms with E-state index < -0.39 is 0 Å². The molecule has 0 unspecified atom stereocenters. The Hall–Kier alpha value is -3.32. The first-order valence-corrected chi connectivity index (χ1v) is 11.3. The molecule has 0 atom stereocenters. The third kappa shape index (κ3) is 4.72. The predicted octanol–water partition coefficient (Wildman–Crippen LogP) is 4.11.